The molecule has 0 saturated carbocycles. The highest BCUT2D eigenvalue weighted by atomic mass is 16.3. The SMILES string of the molecule is CCCCCCCC(=O)N[C@H](CC(N)=O)c1nc(C(C)(C)C)co1. The standard InChI is InChI=1S/C18H31N3O3/c1-5-6-7-8-9-10-16(23)20-13(11-15(19)22)17-21-14(12-24-17)18(2,3)4/h12-13H,5-11H2,1-4H3,(H2,19,22)(H,20,23)/t13-/m1/s1. The maximum absolute atomic E-state index is 12.1. The number of hydrogen-bond donors (Lipinski definition) is 2. The average molecular weight is 337 g/mol. The molecule has 0 aliphatic carbocycles. The van der Waals surface area contributed by atoms with Crippen LogP contribution in [0.15, 0.2) is 10.7 Å². The Morgan fingerprint density at radius 3 is 2.46 bits per heavy atom. The average Bonchev–Trinajstić information content (AvgIpc) is 2.95. The van der Waals surface area contributed by atoms with Crippen LogP contribution in [0.25, 0.3) is 0 Å². The molecule has 1 rings (SSSR count). The van der Waals surface area contributed by atoms with Crippen molar-refractivity contribution in [2.75, 3.05) is 0 Å². The van der Waals surface area contributed by atoms with Crippen molar-refractivity contribution >= 4 is 11.8 Å². The molecule has 0 aliphatic heterocycles. The van der Waals surface area contributed by atoms with Crippen molar-refractivity contribution in [2.45, 2.75) is 84.1 Å². The summed E-state index contributed by atoms with van der Waals surface area (Å²) in [6.45, 7) is 8.22. The van der Waals surface area contributed by atoms with Gasteiger partial charge in [0.25, 0.3) is 0 Å². The molecule has 1 heterocycles. The fourth-order valence-electron chi connectivity index (χ4n) is 2.35. The van der Waals surface area contributed by atoms with Gasteiger partial charge in [-0.3, -0.25) is 9.59 Å². The third-order valence-electron chi connectivity index (χ3n) is 3.84. The van der Waals surface area contributed by atoms with Gasteiger partial charge in [-0.1, -0.05) is 53.4 Å². The van der Waals surface area contributed by atoms with E-state index >= 15 is 0 Å². The lowest BCUT2D eigenvalue weighted by Gasteiger charge is -2.15. The molecule has 0 aromatic carbocycles. The van der Waals surface area contributed by atoms with Gasteiger partial charge in [0.2, 0.25) is 17.7 Å². The van der Waals surface area contributed by atoms with Gasteiger partial charge in [0.1, 0.15) is 12.3 Å². The Morgan fingerprint density at radius 2 is 1.92 bits per heavy atom. The van der Waals surface area contributed by atoms with Gasteiger partial charge < -0.3 is 15.5 Å². The number of nitrogens with one attached hydrogen (secondary N) is 1. The zero-order valence-electron chi connectivity index (χ0n) is 15.4. The molecule has 2 amide bonds. The number of unbranched alkanes of at least 4 members (excludes halogenated alkanes) is 4. The zero-order valence-corrected chi connectivity index (χ0v) is 15.4. The molecule has 136 valence electrons. The van der Waals surface area contributed by atoms with Crippen LogP contribution in [0.2, 0.25) is 0 Å². The quantitative estimate of drug-likeness (QED) is 0.639. The van der Waals surface area contributed by atoms with E-state index in [-0.39, 0.29) is 17.7 Å². The Morgan fingerprint density at radius 1 is 1.25 bits per heavy atom. The Labute approximate surface area is 144 Å². The summed E-state index contributed by atoms with van der Waals surface area (Å²) in [7, 11) is 0. The Kier molecular flexibility index (Phi) is 7.95. The normalized spacial score (nSPS) is 12.8. The van der Waals surface area contributed by atoms with Gasteiger partial charge >= 0.3 is 0 Å². The molecule has 6 heteroatoms. The number of nitrogens with zero attached hydrogens (tertiary/aromatic N) is 1. The van der Waals surface area contributed by atoms with Crippen molar-refractivity contribution < 1.29 is 14.0 Å². The van der Waals surface area contributed by atoms with E-state index in [1.54, 1.807) is 6.26 Å². The first-order valence-corrected chi connectivity index (χ1v) is 8.77. The number of nitrogens with two attached hydrogens (primary N) is 1. The van der Waals surface area contributed by atoms with Crippen molar-refractivity contribution in [1.82, 2.24) is 10.3 Å². The van der Waals surface area contributed by atoms with Crippen LogP contribution in [-0.4, -0.2) is 16.8 Å². The summed E-state index contributed by atoms with van der Waals surface area (Å²) < 4.78 is 5.48. The molecule has 0 fully saturated rings. The Bertz CT molecular complexity index is 532. The second-order valence-corrected chi connectivity index (χ2v) is 7.28. The third kappa shape index (κ3) is 7.15. The lowest BCUT2D eigenvalue weighted by Crippen LogP contribution is -2.32. The summed E-state index contributed by atoms with van der Waals surface area (Å²) in [5.74, 6) is -0.273. The molecular formula is C18H31N3O3. The first kappa shape index (κ1) is 20.2. The number of carbonyl (C=O) groups excluding carboxylic acids is 2. The molecule has 1 aromatic heterocycles. The second kappa shape index (κ2) is 9.45. The highest BCUT2D eigenvalue weighted by Crippen LogP contribution is 2.24. The number of carbonyl (C=O) groups is 2. The lowest BCUT2D eigenvalue weighted by molar-refractivity contribution is -0.123. The molecule has 0 radical (unpaired) electrons. The number of primary amides is 1. The van der Waals surface area contributed by atoms with Gasteiger partial charge in [0, 0.05) is 11.8 Å². The largest absolute Gasteiger partial charge is 0.446 e. The highest BCUT2D eigenvalue weighted by molar-refractivity contribution is 5.78. The van der Waals surface area contributed by atoms with E-state index in [9.17, 15) is 9.59 Å². The molecular weight excluding hydrogens is 306 g/mol. The molecule has 0 saturated heterocycles. The van der Waals surface area contributed by atoms with Crippen molar-refractivity contribution in [3.8, 4) is 0 Å². The van der Waals surface area contributed by atoms with Crippen LogP contribution in [-0.2, 0) is 15.0 Å². The van der Waals surface area contributed by atoms with E-state index < -0.39 is 11.9 Å². The molecule has 24 heavy (non-hydrogen) atoms. The summed E-state index contributed by atoms with van der Waals surface area (Å²) in [5.41, 5.74) is 5.91. The van der Waals surface area contributed by atoms with Gasteiger partial charge in [0.15, 0.2) is 0 Å². The maximum atomic E-state index is 12.1. The highest BCUT2D eigenvalue weighted by Gasteiger charge is 2.25. The van der Waals surface area contributed by atoms with Crippen LogP contribution < -0.4 is 11.1 Å². The van der Waals surface area contributed by atoms with Crippen LogP contribution in [0.1, 0.15) is 90.3 Å². The molecule has 0 bridgehead atoms. The molecule has 0 unspecified atom stereocenters. The molecule has 0 spiro atoms. The smallest absolute Gasteiger partial charge is 0.220 e. The summed E-state index contributed by atoms with van der Waals surface area (Å²) in [6, 6.07) is -0.609. The van der Waals surface area contributed by atoms with E-state index in [0.717, 1.165) is 25.0 Å². The topological polar surface area (TPSA) is 98.2 Å². The summed E-state index contributed by atoms with van der Waals surface area (Å²) in [5, 5.41) is 2.82. The fourth-order valence-corrected chi connectivity index (χ4v) is 2.35. The minimum absolute atomic E-state index is 0.0222. The van der Waals surface area contributed by atoms with E-state index in [2.05, 4.69) is 17.2 Å². The molecule has 3 N–H and O–H groups in total. The Balaban J connectivity index is 2.64. The van der Waals surface area contributed by atoms with Gasteiger partial charge in [-0.05, 0) is 6.42 Å². The van der Waals surface area contributed by atoms with E-state index in [0.29, 0.717) is 12.3 Å². The van der Waals surface area contributed by atoms with Gasteiger partial charge in [0.05, 0.1) is 12.1 Å². The van der Waals surface area contributed by atoms with Crippen molar-refractivity contribution in [3.63, 3.8) is 0 Å². The second-order valence-electron chi connectivity index (χ2n) is 7.28. The first-order valence-electron chi connectivity index (χ1n) is 8.77. The lowest BCUT2D eigenvalue weighted by atomic mass is 9.93. The number of aromatic nitrogens is 1. The predicted octanol–water partition coefficient (Wildman–Crippen LogP) is 3.37. The zero-order chi connectivity index (χ0) is 18.2. The number of oxazole rings is 1. The maximum Gasteiger partial charge on any atom is 0.220 e. The monoisotopic (exact) mass is 337 g/mol. The van der Waals surface area contributed by atoms with E-state index in [1.165, 1.54) is 12.8 Å². The predicted molar refractivity (Wildman–Crippen MR) is 93.3 cm³/mol. The molecule has 1 atom stereocenters. The van der Waals surface area contributed by atoms with Crippen LogP contribution in [0.4, 0.5) is 0 Å². The number of rotatable bonds is 10. The summed E-state index contributed by atoms with van der Waals surface area (Å²) in [4.78, 5) is 27.8. The molecule has 6 nitrogen and oxygen atoms in total. The van der Waals surface area contributed by atoms with Crippen molar-refractivity contribution in [3.05, 3.63) is 17.8 Å². The number of amides is 2. The van der Waals surface area contributed by atoms with Crippen molar-refractivity contribution in [1.29, 1.82) is 0 Å². The molecule has 1 aromatic rings. The van der Waals surface area contributed by atoms with Crippen molar-refractivity contribution in [2.24, 2.45) is 5.73 Å². The van der Waals surface area contributed by atoms with Crippen LogP contribution in [0.3, 0.4) is 0 Å². The van der Waals surface area contributed by atoms with Gasteiger partial charge in [-0.25, -0.2) is 4.98 Å². The fraction of sp³-hybridized carbons (Fsp3) is 0.722. The van der Waals surface area contributed by atoms with Crippen LogP contribution >= 0.6 is 0 Å². The minimum Gasteiger partial charge on any atom is -0.446 e. The molecule has 0 aliphatic rings. The third-order valence-corrected chi connectivity index (χ3v) is 3.84. The van der Waals surface area contributed by atoms with Gasteiger partial charge in [-0.15, -0.1) is 0 Å². The van der Waals surface area contributed by atoms with Crippen LogP contribution in [0, 0.1) is 0 Å². The first-order chi connectivity index (χ1) is 11.2. The summed E-state index contributed by atoms with van der Waals surface area (Å²) in [6.07, 6.45) is 7.37. The van der Waals surface area contributed by atoms with Gasteiger partial charge in [-0.2, -0.15) is 0 Å². The Hall–Kier alpha value is -1.85. The summed E-state index contributed by atoms with van der Waals surface area (Å²) >= 11 is 0. The van der Waals surface area contributed by atoms with Crippen LogP contribution in [0.5, 0.6) is 0 Å². The van der Waals surface area contributed by atoms with E-state index in [4.69, 9.17) is 10.2 Å². The minimum atomic E-state index is -0.609. The van der Waals surface area contributed by atoms with E-state index in [1.807, 2.05) is 20.8 Å². The number of hydrogen-bond acceptors (Lipinski definition) is 4.